The van der Waals surface area contributed by atoms with E-state index in [1.54, 1.807) is 19.1 Å². The average molecular weight is 189 g/mol. The first-order valence-corrected chi connectivity index (χ1v) is 4.09. The number of halogens is 2. The summed E-state index contributed by atoms with van der Waals surface area (Å²) in [4.78, 5) is 0. The van der Waals surface area contributed by atoms with Crippen molar-refractivity contribution in [3.63, 3.8) is 0 Å². The third kappa shape index (κ3) is 2.47. The lowest BCUT2D eigenvalue weighted by molar-refractivity contribution is 0.194. The zero-order chi connectivity index (χ0) is 9.14. The van der Waals surface area contributed by atoms with Crippen molar-refractivity contribution >= 4 is 11.6 Å². The van der Waals surface area contributed by atoms with Crippen molar-refractivity contribution in [2.75, 3.05) is 0 Å². The number of rotatable bonds is 2. The number of hydrogen-bond donors (Lipinski definition) is 1. The van der Waals surface area contributed by atoms with Crippen molar-refractivity contribution < 1.29 is 9.50 Å². The normalized spacial score (nSPS) is 13.0. The van der Waals surface area contributed by atoms with Crippen LogP contribution in [0.4, 0.5) is 4.39 Å². The Balaban J connectivity index is 2.86. The Morgan fingerprint density at radius 1 is 1.58 bits per heavy atom. The summed E-state index contributed by atoms with van der Waals surface area (Å²) in [5.74, 6) is -0.358. The fourth-order valence-corrected chi connectivity index (χ4v) is 1.16. The highest BCUT2D eigenvalue weighted by molar-refractivity contribution is 6.30. The van der Waals surface area contributed by atoms with Gasteiger partial charge in [-0.1, -0.05) is 17.7 Å². The van der Waals surface area contributed by atoms with E-state index >= 15 is 0 Å². The maximum Gasteiger partial charge on any atom is 0.127 e. The zero-order valence-electron chi connectivity index (χ0n) is 6.72. The SMILES string of the molecule is C[C@H](O)Cc1ccc(Cl)cc1F. The average Bonchev–Trinajstić information content (AvgIpc) is 1.94. The predicted molar refractivity (Wildman–Crippen MR) is 46.8 cm³/mol. The molecule has 0 spiro atoms. The minimum Gasteiger partial charge on any atom is -0.393 e. The Hall–Kier alpha value is -0.600. The second-order valence-electron chi connectivity index (χ2n) is 2.79. The Morgan fingerprint density at radius 3 is 2.75 bits per heavy atom. The van der Waals surface area contributed by atoms with Gasteiger partial charge in [0.1, 0.15) is 5.82 Å². The molecular formula is C9H10ClFO. The van der Waals surface area contributed by atoms with Crippen LogP contribution in [0.1, 0.15) is 12.5 Å². The largest absolute Gasteiger partial charge is 0.393 e. The number of aliphatic hydroxyl groups is 1. The van der Waals surface area contributed by atoms with Gasteiger partial charge in [0.05, 0.1) is 6.10 Å². The molecule has 0 bridgehead atoms. The van der Waals surface area contributed by atoms with Crippen LogP contribution in [-0.4, -0.2) is 11.2 Å². The molecule has 1 N–H and O–H groups in total. The lowest BCUT2D eigenvalue weighted by atomic mass is 10.1. The van der Waals surface area contributed by atoms with E-state index in [1.165, 1.54) is 6.07 Å². The standard InChI is InChI=1S/C9H10ClFO/c1-6(12)4-7-2-3-8(10)5-9(7)11/h2-3,5-6,12H,4H2,1H3/t6-/m0/s1. The molecule has 1 rings (SSSR count). The molecule has 1 aromatic rings. The van der Waals surface area contributed by atoms with E-state index in [2.05, 4.69) is 0 Å². The quantitative estimate of drug-likeness (QED) is 0.756. The van der Waals surface area contributed by atoms with Crippen LogP contribution in [0, 0.1) is 5.82 Å². The van der Waals surface area contributed by atoms with Crippen molar-refractivity contribution in [1.29, 1.82) is 0 Å². The van der Waals surface area contributed by atoms with Gasteiger partial charge in [0, 0.05) is 11.4 Å². The molecule has 12 heavy (non-hydrogen) atoms. The molecular weight excluding hydrogens is 179 g/mol. The van der Waals surface area contributed by atoms with Crippen LogP contribution >= 0.6 is 11.6 Å². The second-order valence-corrected chi connectivity index (χ2v) is 3.23. The van der Waals surface area contributed by atoms with Crippen LogP contribution in [0.15, 0.2) is 18.2 Å². The zero-order valence-corrected chi connectivity index (χ0v) is 7.48. The van der Waals surface area contributed by atoms with Gasteiger partial charge in [-0.3, -0.25) is 0 Å². The summed E-state index contributed by atoms with van der Waals surface area (Å²) in [5, 5.41) is 9.38. The van der Waals surface area contributed by atoms with Crippen LogP contribution in [-0.2, 0) is 6.42 Å². The van der Waals surface area contributed by atoms with Crippen molar-refractivity contribution in [3.8, 4) is 0 Å². The van der Waals surface area contributed by atoms with Crippen molar-refractivity contribution in [3.05, 3.63) is 34.6 Å². The Kier molecular flexibility index (Phi) is 3.06. The van der Waals surface area contributed by atoms with E-state index in [1.807, 2.05) is 0 Å². The van der Waals surface area contributed by atoms with Crippen molar-refractivity contribution in [2.45, 2.75) is 19.4 Å². The van der Waals surface area contributed by atoms with Crippen LogP contribution < -0.4 is 0 Å². The molecule has 66 valence electrons. The molecule has 0 amide bonds. The third-order valence-electron chi connectivity index (χ3n) is 1.53. The lowest BCUT2D eigenvalue weighted by Gasteiger charge is -2.05. The molecule has 0 fully saturated rings. The van der Waals surface area contributed by atoms with E-state index in [0.717, 1.165) is 0 Å². The number of benzene rings is 1. The molecule has 0 saturated carbocycles. The Labute approximate surface area is 75.8 Å². The molecule has 1 atom stereocenters. The first kappa shape index (κ1) is 9.49. The van der Waals surface area contributed by atoms with Gasteiger partial charge in [-0.15, -0.1) is 0 Å². The van der Waals surface area contributed by atoms with Gasteiger partial charge in [-0.05, 0) is 24.6 Å². The third-order valence-corrected chi connectivity index (χ3v) is 1.77. The maximum absolute atomic E-state index is 13.0. The van der Waals surface area contributed by atoms with Gasteiger partial charge >= 0.3 is 0 Å². The summed E-state index contributed by atoms with van der Waals surface area (Å²) in [6.45, 7) is 1.62. The van der Waals surface area contributed by atoms with Crippen LogP contribution in [0.3, 0.4) is 0 Å². The highest BCUT2D eigenvalue weighted by Gasteiger charge is 2.05. The minimum absolute atomic E-state index is 0.322. The molecule has 1 nitrogen and oxygen atoms in total. The summed E-state index contributed by atoms with van der Waals surface area (Å²) >= 11 is 5.55. The molecule has 0 unspecified atom stereocenters. The summed E-state index contributed by atoms with van der Waals surface area (Å²) in [5.41, 5.74) is 0.495. The Morgan fingerprint density at radius 2 is 2.25 bits per heavy atom. The highest BCUT2D eigenvalue weighted by Crippen LogP contribution is 2.15. The first-order chi connectivity index (χ1) is 5.59. The van der Waals surface area contributed by atoms with Gasteiger partial charge in [0.15, 0.2) is 0 Å². The van der Waals surface area contributed by atoms with Gasteiger partial charge in [0.25, 0.3) is 0 Å². The summed E-state index contributed by atoms with van der Waals surface area (Å²) in [6, 6.07) is 4.45. The summed E-state index contributed by atoms with van der Waals surface area (Å²) in [6.07, 6.45) is -0.205. The topological polar surface area (TPSA) is 20.2 Å². The van der Waals surface area contributed by atoms with E-state index in [4.69, 9.17) is 16.7 Å². The predicted octanol–water partition coefficient (Wildman–Crippen LogP) is 2.40. The van der Waals surface area contributed by atoms with Crippen LogP contribution in [0.2, 0.25) is 5.02 Å². The smallest absolute Gasteiger partial charge is 0.127 e. The fraction of sp³-hybridized carbons (Fsp3) is 0.333. The number of aliphatic hydroxyl groups excluding tert-OH is 1. The fourth-order valence-electron chi connectivity index (χ4n) is 1.01. The first-order valence-electron chi connectivity index (χ1n) is 3.71. The molecule has 0 aliphatic rings. The summed E-state index contributed by atoms with van der Waals surface area (Å²) in [7, 11) is 0. The second kappa shape index (κ2) is 3.87. The van der Waals surface area contributed by atoms with E-state index in [9.17, 15) is 4.39 Å². The van der Waals surface area contributed by atoms with Gasteiger partial charge < -0.3 is 5.11 Å². The molecule has 0 aliphatic carbocycles. The van der Waals surface area contributed by atoms with Gasteiger partial charge in [0.2, 0.25) is 0 Å². The molecule has 0 radical (unpaired) electrons. The Bertz CT molecular complexity index is 273. The van der Waals surface area contributed by atoms with Gasteiger partial charge in [-0.2, -0.15) is 0 Å². The lowest BCUT2D eigenvalue weighted by Crippen LogP contribution is -2.05. The van der Waals surface area contributed by atoms with Crippen LogP contribution in [0.5, 0.6) is 0 Å². The minimum atomic E-state index is -0.527. The van der Waals surface area contributed by atoms with E-state index < -0.39 is 6.10 Å². The van der Waals surface area contributed by atoms with Crippen molar-refractivity contribution in [1.82, 2.24) is 0 Å². The van der Waals surface area contributed by atoms with Crippen molar-refractivity contribution in [2.24, 2.45) is 0 Å². The van der Waals surface area contributed by atoms with Gasteiger partial charge in [-0.25, -0.2) is 4.39 Å². The molecule has 0 saturated heterocycles. The molecule has 3 heteroatoms. The summed E-state index contributed by atoms with van der Waals surface area (Å²) < 4.78 is 13.0. The molecule has 0 aromatic heterocycles. The molecule has 0 heterocycles. The van der Waals surface area contributed by atoms with Crippen LogP contribution in [0.25, 0.3) is 0 Å². The maximum atomic E-state index is 13.0. The van der Waals surface area contributed by atoms with E-state index in [0.29, 0.717) is 17.0 Å². The monoisotopic (exact) mass is 188 g/mol. The molecule has 0 aliphatic heterocycles. The highest BCUT2D eigenvalue weighted by atomic mass is 35.5. The molecule has 1 aromatic carbocycles. The van der Waals surface area contributed by atoms with E-state index in [-0.39, 0.29) is 5.82 Å². The number of hydrogen-bond acceptors (Lipinski definition) is 1.